The molecule has 9 heteroatoms. The van der Waals surface area contributed by atoms with Crippen molar-refractivity contribution in [2.45, 2.75) is 63.9 Å². The fourth-order valence-electron chi connectivity index (χ4n) is 3.53. The fourth-order valence-corrected chi connectivity index (χ4v) is 5.18. The number of ketones is 1. The third-order valence-electron chi connectivity index (χ3n) is 5.08. The number of piperidine rings is 1. The summed E-state index contributed by atoms with van der Waals surface area (Å²) < 4.78 is 27.7. The van der Waals surface area contributed by atoms with E-state index in [1.54, 1.807) is 6.92 Å². The Bertz CT molecular complexity index is 880. The Morgan fingerprint density at radius 2 is 1.80 bits per heavy atom. The second kappa shape index (κ2) is 10.2. The monoisotopic (exact) mass is 437 g/mol. The maximum atomic E-state index is 13.3. The Kier molecular flexibility index (Phi) is 8.14. The van der Waals surface area contributed by atoms with Gasteiger partial charge in [0.15, 0.2) is 5.78 Å². The average molecular weight is 438 g/mol. The molecule has 8 nitrogen and oxygen atoms in total. The molecule has 30 heavy (non-hydrogen) atoms. The summed E-state index contributed by atoms with van der Waals surface area (Å²) in [4.78, 5) is 38.2. The van der Waals surface area contributed by atoms with Gasteiger partial charge >= 0.3 is 0 Å². The number of sulfonamides is 1. The van der Waals surface area contributed by atoms with Gasteiger partial charge in [-0.3, -0.25) is 14.4 Å². The highest BCUT2D eigenvalue weighted by atomic mass is 32.2. The summed E-state index contributed by atoms with van der Waals surface area (Å²) in [6.45, 7) is 7.29. The van der Waals surface area contributed by atoms with Crippen molar-refractivity contribution in [1.82, 2.24) is 14.5 Å². The van der Waals surface area contributed by atoms with Crippen LogP contribution in [-0.4, -0.2) is 66.9 Å². The SMILES string of the molecule is CCN(CC(=O)NC(C)C)C(=O)C1CCCCN1S(=O)(=O)c1ccc(C(C)=O)cc1. The number of nitrogens with zero attached hydrogens (tertiary/aromatic N) is 2. The van der Waals surface area contributed by atoms with Crippen LogP contribution in [-0.2, 0) is 19.6 Å². The molecule has 1 N–H and O–H groups in total. The van der Waals surface area contributed by atoms with E-state index < -0.39 is 16.1 Å². The van der Waals surface area contributed by atoms with E-state index in [0.717, 1.165) is 6.42 Å². The van der Waals surface area contributed by atoms with E-state index in [1.165, 1.54) is 40.4 Å². The zero-order valence-corrected chi connectivity index (χ0v) is 18.9. The molecule has 1 unspecified atom stereocenters. The number of benzene rings is 1. The van der Waals surface area contributed by atoms with Crippen molar-refractivity contribution in [3.05, 3.63) is 29.8 Å². The molecule has 0 radical (unpaired) electrons. The first-order valence-corrected chi connectivity index (χ1v) is 11.7. The van der Waals surface area contributed by atoms with E-state index in [4.69, 9.17) is 0 Å². The van der Waals surface area contributed by atoms with Crippen LogP contribution >= 0.6 is 0 Å². The molecule has 1 saturated heterocycles. The highest BCUT2D eigenvalue weighted by molar-refractivity contribution is 7.89. The minimum absolute atomic E-state index is 0.0455. The highest BCUT2D eigenvalue weighted by Crippen LogP contribution is 2.27. The van der Waals surface area contributed by atoms with Crippen LogP contribution in [0.4, 0.5) is 0 Å². The minimum Gasteiger partial charge on any atom is -0.352 e. The number of carbonyl (C=O) groups excluding carboxylic acids is 3. The minimum atomic E-state index is -3.91. The number of carbonyl (C=O) groups is 3. The molecule has 0 aromatic heterocycles. The molecule has 1 atom stereocenters. The first kappa shape index (κ1) is 24.0. The molecule has 1 heterocycles. The van der Waals surface area contributed by atoms with Gasteiger partial charge in [0.05, 0.1) is 11.4 Å². The third kappa shape index (κ3) is 5.66. The average Bonchev–Trinajstić information content (AvgIpc) is 2.71. The normalized spacial score (nSPS) is 17.6. The Hall–Kier alpha value is -2.26. The molecule has 0 spiro atoms. The quantitative estimate of drug-likeness (QED) is 0.625. The molecule has 2 amide bonds. The van der Waals surface area contributed by atoms with Crippen molar-refractivity contribution in [3.63, 3.8) is 0 Å². The van der Waals surface area contributed by atoms with Crippen LogP contribution in [0.15, 0.2) is 29.2 Å². The standard InChI is InChI=1S/C21H31N3O5S/c1-5-23(14-20(26)22-15(2)3)21(27)19-8-6-7-13-24(19)30(28,29)18-11-9-17(10-12-18)16(4)25/h9-12,15,19H,5-8,13-14H2,1-4H3,(H,22,26). The smallest absolute Gasteiger partial charge is 0.243 e. The predicted octanol–water partition coefficient (Wildman–Crippen LogP) is 1.81. The number of Topliss-reactive ketones (excluding diaryl/α,β-unsaturated/α-hetero) is 1. The van der Waals surface area contributed by atoms with Gasteiger partial charge in [0, 0.05) is 24.7 Å². The van der Waals surface area contributed by atoms with E-state index in [1.807, 2.05) is 13.8 Å². The van der Waals surface area contributed by atoms with Crippen molar-refractivity contribution in [2.75, 3.05) is 19.6 Å². The van der Waals surface area contributed by atoms with Crippen molar-refractivity contribution in [1.29, 1.82) is 0 Å². The summed E-state index contributed by atoms with van der Waals surface area (Å²) in [5.41, 5.74) is 0.425. The lowest BCUT2D eigenvalue weighted by Crippen LogP contribution is -2.54. The number of hydrogen-bond acceptors (Lipinski definition) is 5. The van der Waals surface area contributed by atoms with E-state index in [9.17, 15) is 22.8 Å². The van der Waals surface area contributed by atoms with Gasteiger partial charge in [0.25, 0.3) is 0 Å². The topological polar surface area (TPSA) is 104 Å². The molecule has 0 aliphatic carbocycles. The van der Waals surface area contributed by atoms with Gasteiger partial charge in [0.2, 0.25) is 21.8 Å². The zero-order valence-electron chi connectivity index (χ0n) is 18.1. The second-order valence-electron chi connectivity index (χ2n) is 7.78. The van der Waals surface area contributed by atoms with Crippen LogP contribution in [0.5, 0.6) is 0 Å². The van der Waals surface area contributed by atoms with E-state index in [-0.39, 0.29) is 41.6 Å². The summed E-state index contributed by atoms with van der Waals surface area (Å²) >= 11 is 0. The van der Waals surface area contributed by atoms with Crippen molar-refractivity contribution >= 4 is 27.6 Å². The van der Waals surface area contributed by atoms with Gasteiger partial charge in [-0.1, -0.05) is 18.6 Å². The van der Waals surface area contributed by atoms with Crippen LogP contribution in [0.1, 0.15) is 57.3 Å². The van der Waals surface area contributed by atoms with Gasteiger partial charge < -0.3 is 10.2 Å². The van der Waals surface area contributed by atoms with Crippen LogP contribution in [0.2, 0.25) is 0 Å². The van der Waals surface area contributed by atoms with Gasteiger partial charge in [-0.15, -0.1) is 0 Å². The fraction of sp³-hybridized carbons (Fsp3) is 0.571. The molecule has 166 valence electrons. The van der Waals surface area contributed by atoms with Crippen molar-refractivity contribution in [2.24, 2.45) is 0 Å². The number of likely N-dealkylation sites (N-methyl/N-ethyl adjacent to an activating group) is 1. The molecule has 2 rings (SSSR count). The summed E-state index contributed by atoms with van der Waals surface area (Å²) in [5, 5.41) is 2.75. The largest absolute Gasteiger partial charge is 0.352 e. The molecule has 1 fully saturated rings. The second-order valence-corrected chi connectivity index (χ2v) is 9.67. The van der Waals surface area contributed by atoms with E-state index in [0.29, 0.717) is 24.9 Å². The van der Waals surface area contributed by atoms with E-state index in [2.05, 4.69) is 5.32 Å². The number of hydrogen-bond donors (Lipinski definition) is 1. The summed E-state index contributed by atoms with van der Waals surface area (Å²) in [6, 6.07) is 4.86. The molecule has 1 aliphatic heterocycles. The van der Waals surface area contributed by atoms with Gasteiger partial charge in [0.1, 0.15) is 6.04 Å². The van der Waals surface area contributed by atoms with Crippen molar-refractivity contribution < 1.29 is 22.8 Å². The van der Waals surface area contributed by atoms with E-state index >= 15 is 0 Å². The summed E-state index contributed by atoms with van der Waals surface area (Å²) in [6.07, 6.45) is 1.81. The molecule has 1 aliphatic rings. The lowest BCUT2D eigenvalue weighted by Gasteiger charge is -2.36. The molecule has 1 aromatic carbocycles. The number of amides is 2. The molecule has 0 saturated carbocycles. The summed E-state index contributed by atoms with van der Waals surface area (Å²) in [5.74, 6) is -0.784. The number of rotatable bonds is 8. The summed E-state index contributed by atoms with van der Waals surface area (Å²) in [7, 11) is -3.91. The Labute approximate surface area is 178 Å². The maximum Gasteiger partial charge on any atom is 0.243 e. The molecule has 0 bridgehead atoms. The molecule has 1 aromatic rings. The Balaban J connectivity index is 2.26. The van der Waals surface area contributed by atoms with Gasteiger partial charge in [-0.05, 0) is 52.7 Å². The van der Waals surface area contributed by atoms with Gasteiger partial charge in [-0.25, -0.2) is 8.42 Å². The Morgan fingerprint density at radius 1 is 1.17 bits per heavy atom. The predicted molar refractivity (Wildman–Crippen MR) is 114 cm³/mol. The lowest BCUT2D eigenvalue weighted by atomic mass is 10.0. The van der Waals surface area contributed by atoms with Crippen LogP contribution in [0, 0.1) is 0 Å². The zero-order chi connectivity index (χ0) is 22.5. The molecular formula is C21H31N3O5S. The van der Waals surface area contributed by atoms with Gasteiger partial charge in [-0.2, -0.15) is 4.31 Å². The number of nitrogens with one attached hydrogen (secondary N) is 1. The first-order valence-electron chi connectivity index (χ1n) is 10.3. The third-order valence-corrected chi connectivity index (χ3v) is 7.01. The molecular weight excluding hydrogens is 406 g/mol. The maximum absolute atomic E-state index is 13.3. The van der Waals surface area contributed by atoms with Crippen LogP contribution in [0.25, 0.3) is 0 Å². The lowest BCUT2D eigenvalue weighted by molar-refractivity contribution is -0.139. The van der Waals surface area contributed by atoms with Crippen LogP contribution < -0.4 is 5.32 Å². The Morgan fingerprint density at radius 3 is 2.33 bits per heavy atom. The first-order chi connectivity index (χ1) is 14.1. The van der Waals surface area contributed by atoms with Crippen molar-refractivity contribution in [3.8, 4) is 0 Å². The van der Waals surface area contributed by atoms with Crippen LogP contribution in [0.3, 0.4) is 0 Å². The highest BCUT2D eigenvalue weighted by Gasteiger charge is 2.39.